The topological polar surface area (TPSA) is 69.9 Å². The highest BCUT2D eigenvalue weighted by Gasteiger charge is 2.08. The summed E-state index contributed by atoms with van der Waals surface area (Å²) in [4.78, 5) is 0. The molecule has 0 radical (unpaired) electrons. The predicted octanol–water partition coefficient (Wildman–Crippen LogP) is 0.385. The zero-order valence-corrected chi connectivity index (χ0v) is 7.32. The molecule has 0 bridgehead atoms. The lowest BCUT2D eigenvalue weighted by Gasteiger charge is -2.09. The van der Waals surface area contributed by atoms with Crippen LogP contribution >= 0.6 is 0 Å². The van der Waals surface area contributed by atoms with Crippen molar-refractivity contribution in [2.24, 2.45) is 0 Å². The predicted molar refractivity (Wildman–Crippen MR) is 46.5 cm³/mol. The average Bonchev–Trinajstić information content (AvgIpc) is 2.16. The maximum atomic E-state index is 9.38. The van der Waals surface area contributed by atoms with Crippen LogP contribution in [0.4, 0.5) is 0 Å². The van der Waals surface area contributed by atoms with Gasteiger partial charge in [-0.05, 0) is 11.6 Å². The largest absolute Gasteiger partial charge is 0.507 e. The molecule has 1 aromatic carbocycles. The maximum Gasteiger partial charge on any atom is 0.125 e. The number of aromatic hydroxyl groups is 1. The van der Waals surface area contributed by atoms with Gasteiger partial charge in [0.1, 0.15) is 11.5 Å². The molecule has 1 rings (SSSR count). The summed E-state index contributed by atoms with van der Waals surface area (Å²) in [6.07, 6.45) is 0. The van der Waals surface area contributed by atoms with E-state index in [1.54, 1.807) is 6.07 Å². The molecule has 0 atom stereocenters. The van der Waals surface area contributed by atoms with Crippen LogP contribution in [0.15, 0.2) is 12.1 Å². The Morgan fingerprint density at radius 1 is 1.23 bits per heavy atom. The second-order valence-electron chi connectivity index (χ2n) is 2.60. The van der Waals surface area contributed by atoms with Gasteiger partial charge in [0.25, 0.3) is 0 Å². The van der Waals surface area contributed by atoms with Crippen LogP contribution in [0.5, 0.6) is 11.5 Å². The SMILES string of the molecule is COc1cc(O)c(CO)c(CO)c1. The highest BCUT2D eigenvalue weighted by molar-refractivity contribution is 5.45. The summed E-state index contributed by atoms with van der Waals surface area (Å²) >= 11 is 0. The van der Waals surface area contributed by atoms with E-state index in [9.17, 15) is 5.11 Å². The third kappa shape index (κ3) is 1.91. The molecule has 0 unspecified atom stereocenters. The van der Waals surface area contributed by atoms with Crippen molar-refractivity contribution < 1.29 is 20.1 Å². The van der Waals surface area contributed by atoms with Crippen molar-refractivity contribution in [3.8, 4) is 11.5 Å². The van der Waals surface area contributed by atoms with Crippen molar-refractivity contribution in [1.82, 2.24) is 0 Å². The second-order valence-corrected chi connectivity index (χ2v) is 2.60. The summed E-state index contributed by atoms with van der Waals surface area (Å²) in [7, 11) is 1.47. The van der Waals surface area contributed by atoms with Crippen LogP contribution in [0.3, 0.4) is 0 Å². The minimum Gasteiger partial charge on any atom is -0.507 e. The molecule has 0 aliphatic rings. The van der Waals surface area contributed by atoms with Gasteiger partial charge in [0.2, 0.25) is 0 Å². The molecule has 0 saturated carbocycles. The van der Waals surface area contributed by atoms with Gasteiger partial charge in [-0.2, -0.15) is 0 Å². The van der Waals surface area contributed by atoms with Gasteiger partial charge in [0.15, 0.2) is 0 Å². The van der Waals surface area contributed by atoms with Gasteiger partial charge < -0.3 is 20.1 Å². The molecular weight excluding hydrogens is 172 g/mol. The highest BCUT2D eigenvalue weighted by atomic mass is 16.5. The van der Waals surface area contributed by atoms with E-state index in [2.05, 4.69) is 0 Å². The molecule has 1 aromatic rings. The van der Waals surface area contributed by atoms with Gasteiger partial charge in [-0.15, -0.1) is 0 Å². The number of aliphatic hydroxyl groups excluding tert-OH is 2. The maximum absolute atomic E-state index is 9.38. The van der Waals surface area contributed by atoms with E-state index >= 15 is 0 Å². The first-order valence-corrected chi connectivity index (χ1v) is 3.83. The fourth-order valence-electron chi connectivity index (χ4n) is 1.13. The molecule has 0 fully saturated rings. The van der Waals surface area contributed by atoms with E-state index in [4.69, 9.17) is 14.9 Å². The van der Waals surface area contributed by atoms with Crippen LogP contribution in [-0.4, -0.2) is 22.4 Å². The zero-order chi connectivity index (χ0) is 9.84. The summed E-state index contributed by atoms with van der Waals surface area (Å²) < 4.78 is 4.88. The number of methoxy groups -OCH3 is 1. The minimum absolute atomic E-state index is 0.0640. The van der Waals surface area contributed by atoms with E-state index in [0.29, 0.717) is 16.9 Å². The van der Waals surface area contributed by atoms with Crippen LogP contribution < -0.4 is 4.74 Å². The third-order valence-electron chi connectivity index (χ3n) is 1.86. The zero-order valence-electron chi connectivity index (χ0n) is 7.32. The lowest BCUT2D eigenvalue weighted by Crippen LogP contribution is -1.96. The monoisotopic (exact) mass is 184 g/mol. The standard InChI is InChI=1S/C9H12O4/c1-13-7-2-6(4-10)8(5-11)9(12)3-7/h2-3,10-12H,4-5H2,1H3. The molecule has 0 heterocycles. The van der Waals surface area contributed by atoms with E-state index < -0.39 is 0 Å². The average molecular weight is 184 g/mol. The Balaban J connectivity index is 3.20. The Morgan fingerprint density at radius 3 is 2.38 bits per heavy atom. The number of rotatable bonds is 3. The van der Waals surface area contributed by atoms with E-state index in [-0.39, 0.29) is 19.0 Å². The molecule has 0 aliphatic carbocycles. The van der Waals surface area contributed by atoms with Crippen molar-refractivity contribution in [2.75, 3.05) is 7.11 Å². The van der Waals surface area contributed by atoms with Crippen LogP contribution in [0.1, 0.15) is 11.1 Å². The quantitative estimate of drug-likeness (QED) is 0.635. The first-order valence-electron chi connectivity index (χ1n) is 3.83. The molecule has 0 spiro atoms. The van der Waals surface area contributed by atoms with Gasteiger partial charge in [-0.1, -0.05) is 0 Å². The van der Waals surface area contributed by atoms with Crippen molar-refractivity contribution in [1.29, 1.82) is 0 Å². The van der Waals surface area contributed by atoms with Crippen molar-refractivity contribution in [2.45, 2.75) is 13.2 Å². The smallest absolute Gasteiger partial charge is 0.125 e. The summed E-state index contributed by atoms with van der Waals surface area (Å²) in [6, 6.07) is 2.97. The minimum atomic E-state index is -0.300. The number of hydrogen-bond donors (Lipinski definition) is 3. The van der Waals surface area contributed by atoms with Gasteiger partial charge in [0.05, 0.1) is 20.3 Å². The molecular formula is C9H12O4. The first-order chi connectivity index (χ1) is 6.22. The number of aliphatic hydroxyl groups is 2. The molecule has 4 heteroatoms. The van der Waals surface area contributed by atoms with Crippen LogP contribution in [0.25, 0.3) is 0 Å². The Kier molecular flexibility index (Phi) is 3.11. The van der Waals surface area contributed by atoms with Crippen molar-refractivity contribution in [3.05, 3.63) is 23.3 Å². The fraction of sp³-hybridized carbons (Fsp3) is 0.333. The van der Waals surface area contributed by atoms with E-state index in [0.717, 1.165) is 0 Å². The Bertz CT molecular complexity index is 296. The number of hydrogen-bond acceptors (Lipinski definition) is 4. The van der Waals surface area contributed by atoms with Gasteiger partial charge in [-0.25, -0.2) is 0 Å². The van der Waals surface area contributed by atoms with Crippen LogP contribution in [-0.2, 0) is 13.2 Å². The molecule has 0 saturated heterocycles. The van der Waals surface area contributed by atoms with Crippen LogP contribution in [0.2, 0.25) is 0 Å². The molecule has 0 amide bonds. The number of phenols is 1. The fourth-order valence-corrected chi connectivity index (χ4v) is 1.13. The molecule has 72 valence electrons. The van der Waals surface area contributed by atoms with Gasteiger partial charge in [-0.3, -0.25) is 0 Å². The lowest BCUT2D eigenvalue weighted by molar-refractivity contribution is 0.254. The first kappa shape index (κ1) is 9.83. The summed E-state index contributed by atoms with van der Waals surface area (Å²) in [6.45, 7) is -0.535. The Labute approximate surface area is 76.0 Å². The number of ether oxygens (including phenoxy) is 1. The summed E-state index contributed by atoms with van der Waals surface area (Å²) in [5.74, 6) is 0.393. The third-order valence-corrected chi connectivity index (χ3v) is 1.86. The Hall–Kier alpha value is -1.26. The summed E-state index contributed by atoms with van der Waals surface area (Å²) in [5.41, 5.74) is 0.808. The van der Waals surface area contributed by atoms with Crippen LogP contribution in [0, 0.1) is 0 Å². The highest BCUT2D eigenvalue weighted by Crippen LogP contribution is 2.27. The second kappa shape index (κ2) is 4.11. The molecule has 3 N–H and O–H groups in total. The van der Waals surface area contributed by atoms with Crippen molar-refractivity contribution >= 4 is 0 Å². The number of benzene rings is 1. The molecule has 13 heavy (non-hydrogen) atoms. The molecule has 4 nitrogen and oxygen atoms in total. The van der Waals surface area contributed by atoms with Gasteiger partial charge in [0, 0.05) is 11.6 Å². The van der Waals surface area contributed by atoms with Gasteiger partial charge >= 0.3 is 0 Å². The van der Waals surface area contributed by atoms with E-state index in [1.807, 2.05) is 0 Å². The van der Waals surface area contributed by atoms with Crippen molar-refractivity contribution in [3.63, 3.8) is 0 Å². The Morgan fingerprint density at radius 2 is 1.92 bits per heavy atom. The lowest BCUT2D eigenvalue weighted by atomic mass is 10.1. The van der Waals surface area contributed by atoms with E-state index in [1.165, 1.54) is 13.2 Å². The normalized spacial score (nSPS) is 10.1. The molecule has 0 aliphatic heterocycles. The molecule has 0 aromatic heterocycles. The summed E-state index contributed by atoms with van der Waals surface area (Å²) in [5, 5.41) is 27.2.